The number of nitrogens with one attached hydrogen (secondary N) is 1. The Morgan fingerprint density at radius 2 is 1.97 bits per heavy atom. The van der Waals surface area contributed by atoms with Gasteiger partial charge in [-0.2, -0.15) is 0 Å². The van der Waals surface area contributed by atoms with Crippen molar-refractivity contribution in [3.8, 4) is 0 Å². The minimum Gasteiger partial charge on any atom is -0.329 e. The van der Waals surface area contributed by atoms with Crippen molar-refractivity contribution < 1.29 is 9.59 Å². The van der Waals surface area contributed by atoms with Crippen molar-refractivity contribution in [2.24, 2.45) is 0 Å². The van der Waals surface area contributed by atoms with Gasteiger partial charge in [0.15, 0.2) is 0 Å². The molecule has 2 atom stereocenters. The fourth-order valence-electron chi connectivity index (χ4n) is 5.23. The lowest BCUT2D eigenvalue weighted by Gasteiger charge is -2.52. The summed E-state index contributed by atoms with van der Waals surface area (Å²) in [6.07, 6.45) is 6.35. The van der Waals surface area contributed by atoms with Crippen molar-refractivity contribution in [2.75, 3.05) is 5.32 Å². The molecular formula is C24H29N3O2. The Hall–Kier alpha value is -2.69. The average Bonchev–Trinajstić information content (AvgIpc) is 3.19. The number of benzene rings is 1. The van der Waals surface area contributed by atoms with E-state index in [4.69, 9.17) is 0 Å². The zero-order chi connectivity index (χ0) is 20.6. The number of pyridine rings is 1. The second-order valence-corrected chi connectivity index (χ2v) is 8.42. The third-order valence-electron chi connectivity index (χ3n) is 6.75. The van der Waals surface area contributed by atoms with Gasteiger partial charge >= 0.3 is 0 Å². The van der Waals surface area contributed by atoms with Gasteiger partial charge in [0.05, 0.1) is 11.5 Å². The van der Waals surface area contributed by atoms with E-state index in [1.54, 1.807) is 6.20 Å². The second-order valence-electron chi connectivity index (χ2n) is 8.42. The van der Waals surface area contributed by atoms with E-state index in [9.17, 15) is 9.59 Å². The number of hydrogen-bond donors (Lipinski definition) is 1. The van der Waals surface area contributed by atoms with Crippen LogP contribution in [0.4, 0.5) is 5.82 Å². The van der Waals surface area contributed by atoms with Gasteiger partial charge in [0.2, 0.25) is 5.91 Å². The first-order valence-corrected chi connectivity index (χ1v) is 10.6. The highest BCUT2D eigenvalue weighted by molar-refractivity contribution is 6.05. The number of aryl methyl sites for hydroxylation is 1. The minimum absolute atomic E-state index is 0.0647. The maximum atomic E-state index is 13.7. The van der Waals surface area contributed by atoms with Crippen LogP contribution in [0.5, 0.6) is 0 Å². The summed E-state index contributed by atoms with van der Waals surface area (Å²) < 4.78 is 0. The predicted molar refractivity (Wildman–Crippen MR) is 114 cm³/mol. The first-order valence-electron chi connectivity index (χ1n) is 10.6. The molecule has 4 rings (SSSR count). The number of aromatic nitrogens is 1. The molecule has 0 saturated heterocycles. The van der Waals surface area contributed by atoms with Gasteiger partial charge in [-0.25, -0.2) is 4.98 Å². The molecule has 2 aromatic rings. The fourth-order valence-corrected chi connectivity index (χ4v) is 5.23. The Kier molecular flexibility index (Phi) is 5.15. The van der Waals surface area contributed by atoms with Crippen LogP contribution in [0.2, 0.25) is 0 Å². The molecule has 1 saturated carbocycles. The highest BCUT2D eigenvalue weighted by atomic mass is 16.2. The van der Waals surface area contributed by atoms with E-state index in [0.29, 0.717) is 11.4 Å². The summed E-state index contributed by atoms with van der Waals surface area (Å²) in [7, 11) is 0. The number of nitrogens with zero attached hydrogens (tertiary/aromatic N) is 2. The Bertz CT molecular complexity index is 933. The van der Waals surface area contributed by atoms with E-state index in [1.165, 1.54) is 0 Å². The molecule has 29 heavy (non-hydrogen) atoms. The lowest BCUT2D eigenvalue weighted by Crippen LogP contribution is -2.62. The molecule has 2 amide bonds. The highest BCUT2D eigenvalue weighted by Gasteiger charge is 2.56. The maximum absolute atomic E-state index is 13.7. The van der Waals surface area contributed by atoms with E-state index in [0.717, 1.165) is 43.2 Å². The zero-order valence-corrected chi connectivity index (χ0v) is 17.4. The summed E-state index contributed by atoms with van der Waals surface area (Å²) >= 11 is 0. The molecule has 1 N–H and O–H groups in total. The number of fused-ring (bicyclic) bond motifs is 1. The van der Waals surface area contributed by atoms with Crippen LogP contribution in [0.25, 0.3) is 0 Å². The monoisotopic (exact) mass is 391 g/mol. The summed E-state index contributed by atoms with van der Waals surface area (Å²) in [5.41, 5.74) is 1.97. The largest absolute Gasteiger partial charge is 0.329 e. The molecule has 5 heteroatoms. The van der Waals surface area contributed by atoms with Crippen molar-refractivity contribution in [1.29, 1.82) is 0 Å². The molecule has 0 unspecified atom stereocenters. The van der Waals surface area contributed by atoms with Gasteiger partial charge in [-0.1, -0.05) is 44.0 Å². The molecule has 1 aliphatic heterocycles. The van der Waals surface area contributed by atoms with Crippen LogP contribution in [-0.4, -0.2) is 33.3 Å². The fraction of sp³-hybridized carbons (Fsp3) is 0.458. The molecule has 152 valence electrons. The molecule has 1 fully saturated rings. The first kappa shape index (κ1) is 19.6. The quantitative estimate of drug-likeness (QED) is 0.823. The molecule has 2 heterocycles. The Labute approximate surface area is 172 Å². The summed E-state index contributed by atoms with van der Waals surface area (Å²) in [5.74, 6) is 0.196. The molecule has 1 aromatic heterocycles. The molecule has 2 aliphatic rings. The number of carbonyl (C=O) groups is 2. The van der Waals surface area contributed by atoms with Crippen molar-refractivity contribution in [2.45, 2.75) is 70.4 Å². The minimum atomic E-state index is -0.465. The van der Waals surface area contributed by atoms with Gasteiger partial charge in [-0.05, 0) is 56.4 Å². The van der Waals surface area contributed by atoms with Crippen molar-refractivity contribution in [1.82, 2.24) is 9.88 Å². The number of carbonyl (C=O) groups excluding carboxylic acids is 2. The predicted octanol–water partition coefficient (Wildman–Crippen LogP) is 4.68. The van der Waals surface area contributed by atoms with Crippen LogP contribution >= 0.6 is 0 Å². The van der Waals surface area contributed by atoms with Gasteiger partial charge in [-0.3, -0.25) is 9.59 Å². The highest BCUT2D eigenvalue weighted by Crippen LogP contribution is 2.51. The zero-order valence-electron chi connectivity index (χ0n) is 17.4. The number of amides is 2. The number of rotatable bonds is 4. The molecule has 0 radical (unpaired) electrons. The Morgan fingerprint density at radius 1 is 1.24 bits per heavy atom. The van der Waals surface area contributed by atoms with Crippen LogP contribution in [0, 0.1) is 6.92 Å². The van der Waals surface area contributed by atoms with E-state index >= 15 is 0 Å². The first-order chi connectivity index (χ1) is 14.0. The van der Waals surface area contributed by atoms with Crippen LogP contribution in [0.15, 0.2) is 42.6 Å². The average molecular weight is 392 g/mol. The second kappa shape index (κ2) is 7.62. The van der Waals surface area contributed by atoms with Gasteiger partial charge in [0, 0.05) is 17.8 Å². The van der Waals surface area contributed by atoms with Crippen LogP contribution < -0.4 is 5.32 Å². The molecule has 0 bridgehead atoms. The third kappa shape index (κ3) is 3.13. The van der Waals surface area contributed by atoms with Crippen molar-refractivity contribution in [3.05, 3.63) is 59.3 Å². The number of anilines is 1. The van der Waals surface area contributed by atoms with Gasteiger partial charge in [-0.15, -0.1) is 0 Å². The summed E-state index contributed by atoms with van der Waals surface area (Å²) in [5, 5.41) is 3.08. The Morgan fingerprint density at radius 3 is 2.66 bits per heavy atom. The van der Waals surface area contributed by atoms with Crippen LogP contribution in [-0.2, 0) is 4.79 Å². The van der Waals surface area contributed by atoms with Crippen LogP contribution in [0.1, 0.15) is 73.4 Å². The van der Waals surface area contributed by atoms with Crippen LogP contribution in [0.3, 0.4) is 0 Å². The van der Waals surface area contributed by atoms with E-state index in [1.807, 2.05) is 48.2 Å². The summed E-state index contributed by atoms with van der Waals surface area (Å²) in [6.45, 7) is 6.15. The lowest BCUT2D eigenvalue weighted by atomic mass is 9.70. The van der Waals surface area contributed by atoms with E-state index in [2.05, 4.69) is 24.1 Å². The van der Waals surface area contributed by atoms with E-state index < -0.39 is 11.5 Å². The molecular weight excluding hydrogens is 362 g/mol. The Balaban J connectivity index is 1.84. The third-order valence-corrected chi connectivity index (χ3v) is 6.75. The molecule has 1 spiro atoms. The lowest BCUT2D eigenvalue weighted by molar-refractivity contribution is -0.121. The van der Waals surface area contributed by atoms with Gasteiger partial charge in [0.1, 0.15) is 5.82 Å². The van der Waals surface area contributed by atoms with E-state index in [-0.39, 0.29) is 17.9 Å². The molecule has 1 aliphatic carbocycles. The van der Waals surface area contributed by atoms with Crippen molar-refractivity contribution >= 4 is 17.6 Å². The number of hydrogen-bond acceptors (Lipinski definition) is 3. The topological polar surface area (TPSA) is 62.3 Å². The summed E-state index contributed by atoms with van der Waals surface area (Å²) in [4.78, 5) is 33.7. The van der Waals surface area contributed by atoms with Crippen molar-refractivity contribution in [3.63, 3.8) is 0 Å². The normalized spacial score (nSPS) is 21.1. The van der Waals surface area contributed by atoms with Gasteiger partial charge in [0.25, 0.3) is 5.91 Å². The SMILES string of the molecule is CC[C@H](C)N1C(=O)c2ccccc2[C@H](C(=O)Nc2ncccc2C)C12CCCC2. The molecule has 1 aromatic carbocycles. The maximum Gasteiger partial charge on any atom is 0.254 e. The smallest absolute Gasteiger partial charge is 0.254 e. The van der Waals surface area contributed by atoms with Gasteiger partial charge < -0.3 is 10.2 Å². The summed E-state index contributed by atoms with van der Waals surface area (Å²) in [6, 6.07) is 11.5. The molecule has 5 nitrogen and oxygen atoms in total. The standard InChI is InChI=1S/C24H29N3O2/c1-4-17(3)27-23(29)19-12-6-5-11-18(19)20(24(27)13-7-8-14-24)22(28)26-21-16(2)10-9-15-25-21/h5-6,9-12,15,17,20H,4,7-8,13-14H2,1-3H3,(H,25,26,28)/t17-,20+/m0/s1.